The molecule has 1 aromatic carbocycles. The maximum absolute atomic E-state index is 12.6. The normalized spacial score (nSPS) is 27.8. The number of sulfonamides is 1. The van der Waals surface area contributed by atoms with Crippen LogP contribution in [0.3, 0.4) is 0 Å². The SMILES string of the molecule is NC1CCC(NS(=O)(=O)c2ccc(CNC(=O)C3=CC4C=NNC4N=C3)cc2)CC1. The van der Waals surface area contributed by atoms with Crippen molar-refractivity contribution in [3.8, 4) is 0 Å². The van der Waals surface area contributed by atoms with Crippen LogP contribution >= 0.6 is 0 Å². The predicted octanol–water partition coefficient (Wildman–Crippen LogP) is 0.393. The second-order valence-electron chi connectivity index (χ2n) is 7.89. The van der Waals surface area contributed by atoms with E-state index in [1.807, 2.05) is 6.08 Å². The molecule has 1 amide bonds. The standard InChI is InChI=1S/C20H26N6O3S/c21-16-3-5-17(6-4-16)26-30(28,29)18-7-1-13(2-8-18)10-23-20(27)15-9-14-12-24-25-19(14)22-11-15/h1-2,7-9,11-12,14,16-17,19,25-26H,3-6,10,21H2,(H,23,27). The van der Waals surface area contributed by atoms with E-state index in [4.69, 9.17) is 5.73 Å². The van der Waals surface area contributed by atoms with Crippen molar-refractivity contribution in [1.82, 2.24) is 15.5 Å². The molecule has 1 saturated carbocycles. The van der Waals surface area contributed by atoms with Gasteiger partial charge in [0.2, 0.25) is 10.0 Å². The molecular formula is C20H26N6O3S. The summed E-state index contributed by atoms with van der Waals surface area (Å²) in [4.78, 5) is 16.9. The Hall–Kier alpha value is -2.56. The number of hydrogen-bond donors (Lipinski definition) is 4. The van der Waals surface area contributed by atoms with E-state index >= 15 is 0 Å². The van der Waals surface area contributed by atoms with E-state index in [9.17, 15) is 13.2 Å². The lowest BCUT2D eigenvalue weighted by molar-refractivity contribution is -0.117. The topological polar surface area (TPSA) is 138 Å². The predicted molar refractivity (Wildman–Crippen MR) is 114 cm³/mol. The third kappa shape index (κ3) is 4.77. The molecule has 9 nitrogen and oxygen atoms in total. The van der Waals surface area contributed by atoms with E-state index in [0.29, 0.717) is 12.1 Å². The Balaban J connectivity index is 1.32. The van der Waals surface area contributed by atoms with Gasteiger partial charge in [-0.1, -0.05) is 18.2 Å². The van der Waals surface area contributed by atoms with Gasteiger partial charge in [-0.25, -0.2) is 13.1 Å². The number of nitrogens with two attached hydrogens (primary N) is 1. The van der Waals surface area contributed by atoms with Gasteiger partial charge in [0.15, 0.2) is 0 Å². The van der Waals surface area contributed by atoms with Crippen LogP contribution in [0.15, 0.2) is 50.9 Å². The van der Waals surface area contributed by atoms with Crippen molar-refractivity contribution in [2.45, 2.75) is 55.4 Å². The first-order valence-electron chi connectivity index (χ1n) is 10.1. The fraction of sp³-hybridized carbons (Fsp3) is 0.450. The minimum atomic E-state index is -3.57. The number of amides is 1. The van der Waals surface area contributed by atoms with Crippen molar-refractivity contribution in [2.75, 3.05) is 0 Å². The van der Waals surface area contributed by atoms with Crippen LogP contribution in [-0.4, -0.2) is 45.0 Å². The highest BCUT2D eigenvalue weighted by Gasteiger charge is 2.26. The number of benzene rings is 1. The number of carbonyl (C=O) groups excluding carboxylic acids is 1. The molecule has 10 heteroatoms. The summed E-state index contributed by atoms with van der Waals surface area (Å²) in [6.07, 6.45) is 8.14. The van der Waals surface area contributed by atoms with Crippen molar-refractivity contribution in [3.63, 3.8) is 0 Å². The largest absolute Gasteiger partial charge is 0.348 e. The highest BCUT2D eigenvalue weighted by Crippen LogP contribution is 2.20. The molecule has 30 heavy (non-hydrogen) atoms. The monoisotopic (exact) mass is 430 g/mol. The highest BCUT2D eigenvalue weighted by atomic mass is 32.2. The lowest BCUT2D eigenvalue weighted by Crippen LogP contribution is -2.40. The van der Waals surface area contributed by atoms with Crippen LogP contribution in [0.4, 0.5) is 0 Å². The first-order chi connectivity index (χ1) is 14.4. The van der Waals surface area contributed by atoms with Gasteiger partial charge in [-0.3, -0.25) is 15.2 Å². The molecule has 0 saturated heterocycles. The molecule has 0 aromatic heterocycles. The summed E-state index contributed by atoms with van der Waals surface area (Å²) >= 11 is 0. The third-order valence-electron chi connectivity index (χ3n) is 5.61. The molecule has 2 unspecified atom stereocenters. The zero-order valence-electron chi connectivity index (χ0n) is 16.5. The molecule has 4 rings (SSSR count). The Morgan fingerprint density at radius 3 is 2.63 bits per heavy atom. The van der Waals surface area contributed by atoms with Crippen LogP contribution in [0, 0.1) is 5.92 Å². The van der Waals surface area contributed by atoms with Crippen LogP contribution in [0.1, 0.15) is 31.2 Å². The van der Waals surface area contributed by atoms with E-state index in [2.05, 4.69) is 25.6 Å². The Labute approximate surface area is 176 Å². The Kier molecular flexibility index (Phi) is 5.98. The van der Waals surface area contributed by atoms with Gasteiger partial charge in [0, 0.05) is 31.1 Å². The highest BCUT2D eigenvalue weighted by molar-refractivity contribution is 7.89. The summed E-state index contributed by atoms with van der Waals surface area (Å²) < 4.78 is 28.0. The molecule has 0 radical (unpaired) electrons. The number of carbonyl (C=O) groups is 1. The quantitative estimate of drug-likeness (QED) is 0.517. The number of rotatable bonds is 6. The van der Waals surface area contributed by atoms with Crippen molar-refractivity contribution >= 4 is 28.4 Å². The van der Waals surface area contributed by atoms with Gasteiger partial charge in [-0.2, -0.15) is 5.10 Å². The Morgan fingerprint density at radius 1 is 1.17 bits per heavy atom. The molecule has 2 aliphatic heterocycles. The zero-order valence-corrected chi connectivity index (χ0v) is 17.3. The van der Waals surface area contributed by atoms with Gasteiger partial charge >= 0.3 is 0 Å². The Bertz CT molecular complexity index is 978. The number of fused-ring (bicyclic) bond motifs is 1. The summed E-state index contributed by atoms with van der Waals surface area (Å²) in [5.41, 5.74) is 10.0. The number of dihydropyridines is 1. The maximum atomic E-state index is 12.6. The zero-order chi connectivity index (χ0) is 21.1. The first-order valence-corrected chi connectivity index (χ1v) is 11.6. The Morgan fingerprint density at radius 2 is 1.90 bits per heavy atom. The summed E-state index contributed by atoms with van der Waals surface area (Å²) in [6.45, 7) is 0.290. The second kappa shape index (κ2) is 8.66. The lowest BCUT2D eigenvalue weighted by Gasteiger charge is -2.26. The molecule has 2 atom stereocenters. The van der Waals surface area contributed by atoms with Crippen molar-refractivity contribution in [2.24, 2.45) is 21.7 Å². The molecule has 1 fully saturated rings. The van der Waals surface area contributed by atoms with E-state index in [-0.39, 0.29) is 35.0 Å². The van der Waals surface area contributed by atoms with Gasteiger partial charge < -0.3 is 11.1 Å². The number of aliphatic imine (C=N–C) groups is 1. The van der Waals surface area contributed by atoms with Crippen LogP contribution in [0.5, 0.6) is 0 Å². The number of nitrogens with one attached hydrogen (secondary N) is 3. The van der Waals surface area contributed by atoms with Gasteiger partial charge in [0.25, 0.3) is 5.91 Å². The smallest absolute Gasteiger partial charge is 0.252 e. The summed E-state index contributed by atoms with van der Waals surface area (Å²) in [5.74, 6) is -0.251. The van der Waals surface area contributed by atoms with Gasteiger partial charge in [-0.15, -0.1) is 0 Å². The molecule has 160 valence electrons. The van der Waals surface area contributed by atoms with E-state index < -0.39 is 10.0 Å². The summed E-state index contributed by atoms with van der Waals surface area (Å²) in [5, 5.41) is 6.79. The minimum Gasteiger partial charge on any atom is -0.348 e. The van der Waals surface area contributed by atoms with Gasteiger partial charge in [0.05, 0.1) is 16.4 Å². The number of nitrogens with zero attached hydrogens (tertiary/aromatic N) is 2. The van der Waals surface area contributed by atoms with Crippen LogP contribution < -0.4 is 21.2 Å². The summed E-state index contributed by atoms with van der Waals surface area (Å²) in [6, 6.07) is 6.63. The fourth-order valence-corrected chi connectivity index (χ4v) is 5.09. The van der Waals surface area contributed by atoms with Crippen molar-refractivity contribution in [3.05, 3.63) is 41.5 Å². The molecule has 1 aliphatic carbocycles. The minimum absolute atomic E-state index is 0.0207. The molecule has 5 N–H and O–H groups in total. The van der Waals surface area contributed by atoms with E-state index in [0.717, 1.165) is 31.2 Å². The second-order valence-corrected chi connectivity index (χ2v) is 9.60. The molecule has 1 aromatic rings. The number of hydrogen-bond acceptors (Lipinski definition) is 7. The third-order valence-corrected chi connectivity index (χ3v) is 7.14. The lowest BCUT2D eigenvalue weighted by atomic mass is 9.93. The molecular weight excluding hydrogens is 404 g/mol. The van der Waals surface area contributed by atoms with Crippen LogP contribution in [-0.2, 0) is 21.4 Å². The molecule has 0 bridgehead atoms. The van der Waals surface area contributed by atoms with Gasteiger partial charge in [-0.05, 0) is 43.4 Å². The van der Waals surface area contributed by atoms with Crippen molar-refractivity contribution in [1.29, 1.82) is 0 Å². The average molecular weight is 431 g/mol. The summed E-state index contributed by atoms with van der Waals surface area (Å²) in [7, 11) is -3.57. The van der Waals surface area contributed by atoms with E-state index in [1.54, 1.807) is 30.5 Å². The first kappa shape index (κ1) is 20.7. The molecule has 0 spiro atoms. The fourth-order valence-electron chi connectivity index (χ4n) is 3.78. The van der Waals surface area contributed by atoms with Crippen molar-refractivity contribution < 1.29 is 13.2 Å². The number of hydrazone groups is 1. The van der Waals surface area contributed by atoms with Crippen LogP contribution in [0.2, 0.25) is 0 Å². The van der Waals surface area contributed by atoms with E-state index in [1.165, 1.54) is 6.21 Å². The molecule has 2 heterocycles. The van der Waals surface area contributed by atoms with Crippen LogP contribution in [0.25, 0.3) is 0 Å². The maximum Gasteiger partial charge on any atom is 0.252 e. The van der Waals surface area contributed by atoms with Gasteiger partial charge in [0.1, 0.15) is 6.17 Å². The molecule has 3 aliphatic rings. The average Bonchev–Trinajstić information content (AvgIpc) is 3.22.